The normalized spacial score (nSPS) is 12.3. The van der Waals surface area contributed by atoms with Crippen LogP contribution in [0.25, 0.3) is 6.08 Å². The van der Waals surface area contributed by atoms with Crippen LogP contribution >= 0.6 is 0 Å². The zero-order chi connectivity index (χ0) is 13.4. The zero-order valence-corrected chi connectivity index (χ0v) is 10.8. The molecule has 1 rings (SSSR count). The lowest BCUT2D eigenvalue weighted by Crippen LogP contribution is -2.16. The quantitative estimate of drug-likeness (QED) is 0.572. The summed E-state index contributed by atoms with van der Waals surface area (Å²) in [6.45, 7) is 1.82. The van der Waals surface area contributed by atoms with Crippen LogP contribution in [0.2, 0.25) is 0 Å². The topological polar surface area (TPSA) is 43.4 Å². The molecule has 0 radical (unpaired) electrons. The van der Waals surface area contributed by atoms with E-state index in [0.717, 1.165) is 5.56 Å². The Labute approximate surface area is 107 Å². The third kappa shape index (κ3) is 4.95. The molecule has 0 spiro atoms. The number of Topliss-reactive ketones (excluding diaryl/α,β-unsaturated/α-hetero) is 1. The van der Waals surface area contributed by atoms with Gasteiger partial charge in [0.1, 0.15) is 12.2 Å². The van der Waals surface area contributed by atoms with E-state index in [4.69, 9.17) is 0 Å². The molecule has 0 aliphatic rings. The highest BCUT2D eigenvalue weighted by molar-refractivity contribution is 5.96. The summed E-state index contributed by atoms with van der Waals surface area (Å²) >= 11 is 0. The summed E-state index contributed by atoms with van der Waals surface area (Å²) in [5.41, 5.74) is 1.10. The molecule has 1 aromatic carbocycles. The molecule has 1 atom stereocenters. The van der Waals surface area contributed by atoms with Gasteiger partial charge in [-0.2, -0.15) is 0 Å². The molecule has 0 N–H and O–H groups in total. The van der Waals surface area contributed by atoms with Crippen LogP contribution in [-0.2, 0) is 14.3 Å². The highest BCUT2D eigenvalue weighted by Crippen LogP contribution is 2.10. The van der Waals surface area contributed by atoms with Crippen molar-refractivity contribution in [3.63, 3.8) is 0 Å². The minimum absolute atomic E-state index is 0.0837. The Bertz CT molecular complexity index is 421. The molecular weight excluding hydrogens is 228 g/mol. The molecule has 0 aliphatic heterocycles. The van der Waals surface area contributed by atoms with Gasteiger partial charge in [0.15, 0.2) is 0 Å². The fraction of sp³-hybridized carbons (Fsp3) is 0.333. The Morgan fingerprint density at radius 3 is 2.56 bits per heavy atom. The minimum atomic E-state index is -0.473. The summed E-state index contributed by atoms with van der Waals surface area (Å²) in [5, 5.41) is 0. The van der Waals surface area contributed by atoms with Gasteiger partial charge in [0.05, 0.1) is 7.11 Å². The standard InChI is InChI=1S/C15H18O3/c1-12(14(16)11-15(17)18-2)7-6-10-13-8-4-3-5-9-13/h3-6,8-10,12H,7,11H2,1-2H3/b10-6+. The summed E-state index contributed by atoms with van der Waals surface area (Å²) in [6, 6.07) is 9.88. The molecule has 0 bridgehead atoms. The number of carbonyl (C=O) groups is 2. The van der Waals surface area contributed by atoms with Crippen LogP contribution in [0, 0.1) is 5.92 Å². The maximum Gasteiger partial charge on any atom is 0.313 e. The molecule has 0 aromatic heterocycles. The number of methoxy groups -OCH3 is 1. The molecule has 0 heterocycles. The van der Waals surface area contributed by atoms with Crippen LogP contribution in [-0.4, -0.2) is 18.9 Å². The van der Waals surface area contributed by atoms with Crippen LogP contribution in [0.1, 0.15) is 25.3 Å². The van der Waals surface area contributed by atoms with E-state index in [-0.39, 0.29) is 18.1 Å². The average molecular weight is 246 g/mol. The molecular formula is C15H18O3. The Kier molecular flexibility index (Phi) is 5.85. The van der Waals surface area contributed by atoms with Crippen molar-refractivity contribution in [3.05, 3.63) is 42.0 Å². The van der Waals surface area contributed by atoms with E-state index in [1.54, 1.807) is 0 Å². The molecule has 1 aromatic rings. The predicted molar refractivity (Wildman–Crippen MR) is 70.9 cm³/mol. The number of esters is 1. The summed E-state index contributed by atoms with van der Waals surface area (Å²) < 4.78 is 4.47. The van der Waals surface area contributed by atoms with E-state index in [2.05, 4.69) is 4.74 Å². The van der Waals surface area contributed by atoms with Crippen LogP contribution in [0.5, 0.6) is 0 Å². The van der Waals surface area contributed by atoms with Crippen molar-refractivity contribution in [1.82, 2.24) is 0 Å². The monoisotopic (exact) mass is 246 g/mol. The number of carbonyl (C=O) groups excluding carboxylic acids is 2. The maximum absolute atomic E-state index is 11.6. The average Bonchev–Trinajstić information content (AvgIpc) is 2.39. The molecule has 0 fully saturated rings. The summed E-state index contributed by atoms with van der Waals surface area (Å²) in [5.74, 6) is -0.720. The first-order valence-electron chi connectivity index (χ1n) is 5.94. The van der Waals surface area contributed by atoms with Crippen molar-refractivity contribution in [2.24, 2.45) is 5.92 Å². The second kappa shape index (κ2) is 7.43. The first kappa shape index (κ1) is 14.2. The number of rotatable bonds is 6. The number of allylic oxidation sites excluding steroid dienone is 1. The first-order valence-corrected chi connectivity index (χ1v) is 5.94. The highest BCUT2D eigenvalue weighted by atomic mass is 16.5. The Morgan fingerprint density at radius 2 is 1.94 bits per heavy atom. The van der Waals surface area contributed by atoms with E-state index in [1.165, 1.54) is 7.11 Å². The molecule has 3 nitrogen and oxygen atoms in total. The van der Waals surface area contributed by atoms with Gasteiger partial charge in [-0.15, -0.1) is 0 Å². The molecule has 0 amide bonds. The van der Waals surface area contributed by atoms with Gasteiger partial charge in [-0.3, -0.25) is 9.59 Å². The van der Waals surface area contributed by atoms with Gasteiger partial charge in [-0.25, -0.2) is 0 Å². The van der Waals surface area contributed by atoms with Crippen molar-refractivity contribution in [1.29, 1.82) is 0 Å². The smallest absolute Gasteiger partial charge is 0.313 e. The summed E-state index contributed by atoms with van der Waals surface area (Å²) in [7, 11) is 1.29. The molecule has 0 saturated heterocycles. The van der Waals surface area contributed by atoms with Gasteiger partial charge >= 0.3 is 5.97 Å². The van der Waals surface area contributed by atoms with Gasteiger partial charge in [-0.1, -0.05) is 49.4 Å². The lowest BCUT2D eigenvalue weighted by atomic mass is 9.99. The fourth-order valence-corrected chi connectivity index (χ4v) is 1.49. The Balaban J connectivity index is 2.41. The summed E-state index contributed by atoms with van der Waals surface area (Å²) in [4.78, 5) is 22.6. The van der Waals surface area contributed by atoms with E-state index in [0.29, 0.717) is 6.42 Å². The minimum Gasteiger partial charge on any atom is -0.469 e. The van der Waals surface area contributed by atoms with Crippen molar-refractivity contribution < 1.29 is 14.3 Å². The summed E-state index contributed by atoms with van der Waals surface area (Å²) in [6.07, 6.45) is 4.42. The second-order valence-electron chi connectivity index (χ2n) is 4.17. The predicted octanol–water partition coefficient (Wildman–Crippen LogP) is 2.86. The van der Waals surface area contributed by atoms with Crippen molar-refractivity contribution >= 4 is 17.8 Å². The Hall–Kier alpha value is -1.90. The molecule has 96 valence electrons. The van der Waals surface area contributed by atoms with Gasteiger partial charge < -0.3 is 4.74 Å². The number of hydrogen-bond donors (Lipinski definition) is 0. The van der Waals surface area contributed by atoms with E-state index < -0.39 is 5.97 Å². The van der Waals surface area contributed by atoms with Gasteiger partial charge in [-0.05, 0) is 12.0 Å². The largest absolute Gasteiger partial charge is 0.469 e. The Morgan fingerprint density at radius 1 is 1.28 bits per heavy atom. The molecule has 18 heavy (non-hydrogen) atoms. The first-order chi connectivity index (χ1) is 8.63. The lowest BCUT2D eigenvalue weighted by Gasteiger charge is -2.06. The third-order valence-electron chi connectivity index (χ3n) is 2.70. The van der Waals surface area contributed by atoms with E-state index in [1.807, 2.05) is 49.4 Å². The number of ether oxygens (including phenoxy) is 1. The lowest BCUT2D eigenvalue weighted by molar-refractivity contribution is -0.144. The van der Waals surface area contributed by atoms with Crippen molar-refractivity contribution in [2.45, 2.75) is 19.8 Å². The van der Waals surface area contributed by atoms with Gasteiger partial charge in [0.2, 0.25) is 0 Å². The zero-order valence-electron chi connectivity index (χ0n) is 10.8. The number of benzene rings is 1. The molecule has 0 aliphatic carbocycles. The highest BCUT2D eigenvalue weighted by Gasteiger charge is 2.15. The second-order valence-corrected chi connectivity index (χ2v) is 4.17. The van der Waals surface area contributed by atoms with Crippen LogP contribution in [0.15, 0.2) is 36.4 Å². The molecule has 1 unspecified atom stereocenters. The SMILES string of the molecule is COC(=O)CC(=O)C(C)C/C=C/c1ccccc1. The van der Waals surface area contributed by atoms with Gasteiger partial charge in [0, 0.05) is 5.92 Å². The third-order valence-corrected chi connectivity index (χ3v) is 2.70. The molecule has 3 heteroatoms. The van der Waals surface area contributed by atoms with Crippen molar-refractivity contribution in [3.8, 4) is 0 Å². The van der Waals surface area contributed by atoms with Crippen LogP contribution < -0.4 is 0 Å². The fourth-order valence-electron chi connectivity index (χ4n) is 1.49. The van der Waals surface area contributed by atoms with Crippen molar-refractivity contribution in [2.75, 3.05) is 7.11 Å². The number of ketones is 1. The van der Waals surface area contributed by atoms with Crippen LogP contribution in [0.3, 0.4) is 0 Å². The number of hydrogen-bond acceptors (Lipinski definition) is 3. The van der Waals surface area contributed by atoms with Crippen LogP contribution in [0.4, 0.5) is 0 Å². The van der Waals surface area contributed by atoms with E-state index >= 15 is 0 Å². The maximum atomic E-state index is 11.6. The molecule has 0 saturated carbocycles. The van der Waals surface area contributed by atoms with E-state index in [9.17, 15) is 9.59 Å². The van der Waals surface area contributed by atoms with Gasteiger partial charge in [0.25, 0.3) is 0 Å².